The van der Waals surface area contributed by atoms with Crippen LogP contribution in [0.3, 0.4) is 0 Å². The monoisotopic (exact) mass is 396 g/mol. The quantitative estimate of drug-likeness (QED) is 0.468. The summed E-state index contributed by atoms with van der Waals surface area (Å²) in [5, 5.41) is 31.4. The summed E-state index contributed by atoms with van der Waals surface area (Å²) in [6.07, 6.45) is -0.993. The zero-order valence-corrected chi connectivity index (χ0v) is 16.4. The van der Waals surface area contributed by atoms with E-state index in [2.05, 4.69) is 6.58 Å². The van der Waals surface area contributed by atoms with Crippen LogP contribution in [0.2, 0.25) is 0 Å². The molecule has 3 saturated heterocycles. The fourth-order valence-corrected chi connectivity index (χ4v) is 4.41. The highest BCUT2D eigenvalue weighted by molar-refractivity contribution is 5.91. The van der Waals surface area contributed by atoms with Gasteiger partial charge in [-0.3, -0.25) is 0 Å². The molecule has 3 heterocycles. The van der Waals surface area contributed by atoms with Gasteiger partial charge in [0.25, 0.3) is 0 Å². The van der Waals surface area contributed by atoms with Crippen molar-refractivity contribution in [3.63, 3.8) is 0 Å². The first-order valence-corrected chi connectivity index (χ1v) is 9.49. The molecule has 7 atom stereocenters. The summed E-state index contributed by atoms with van der Waals surface area (Å²) in [5.74, 6) is -4.38. The SMILES string of the molecule is C=C1C(=O)OC2CC(CO)C3(O)CC(O)C(C)(CC(OC(=O)C(C)=CC)C12)O3. The van der Waals surface area contributed by atoms with Crippen molar-refractivity contribution in [1.29, 1.82) is 0 Å². The molecule has 3 N–H and O–H groups in total. The number of carbonyl (C=O) groups excluding carboxylic acids is 2. The number of carbonyl (C=O) groups is 2. The average Bonchev–Trinajstić information content (AvgIpc) is 3.04. The third kappa shape index (κ3) is 3.39. The number of hydrogen-bond donors (Lipinski definition) is 3. The highest BCUT2D eigenvalue weighted by atomic mass is 16.7. The number of aliphatic hydroxyl groups excluding tert-OH is 2. The van der Waals surface area contributed by atoms with Gasteiger partial charge in [-0.15, -0.1) is 0 Å². The lowest BCUT2D eigenvalue weighted by Gasteiger charge is -2.34. The fraction of sp³-hybridized carbons (Fsp3) is 0.700. The van der Waals surface area contributed by atoms with E-state index in [-0.39, 0.29) is 24.8 Å². The Labute approximate surface area is 163 Å². The summed E-state index contributed by atoms with van der Waals surface area (Å²) in [4.78, 5) is 24.6. The Morgan fingerprint density at radius 2 is 2.11 bits per heavy atom. The number of allylic oxidation sites excluding steroid dienone is 1. The third-order valence-corrected chi connectivity index (χ3v) is 6.32. The Hall–Kier alpha value is -1.74. The van der Waals surface area contributed by atoms with Gasteiger partial charge < -0.3 is 29.5 Å². The minimum Gasteiger partial charge on any atom is -0.458 e. The van der Waals surface area contributed by atoms with Crippen LogP contribution in [0.1, 0.15) is 40.0 Å². The molecule has 0 aromatic heterocycles. The molecule has 3 aliphatic rings. The van der Waals surface area contributed by atoms with Crippen LogP contribution < -0.4 is 0 Å². The summed E-state index contributed by atoms with van der Waals surface area (Å²) >= 11 is 0. The first-order chi connectivity index (χ1) is 13.0. The minimum absolute atomic E-state index is 0.0359. The average molecular weight is 396 g/mol. The van der Waals surface area contributed by atoms with Crippen LogP contribution in [0.15, 0.2) is 23.8 Å². The zero-order valence-electron chi connectivity index (χ0n) is 16.4. The van der Waals surface area contributed by atoms with E-state index in [9.17, 15) is 24.9 Å². The Morgan fingerprint density at radius 1 is 1.43 bits per heavy atom. The van der Waals surface area contributed by atoms with E-state index in [0.29, 0.717) is 5.57 Å². The molecule has 0 aromatic carbocycles. The Balaban J connectivity index is 2.03. The van der Waals surface area contributed by atoms with Gasteiger partial charge in [-0.2, -0.15) is 0 Å². The van der Waals surface area contributed by atoms with E-state index >= 15 is 0 Å². The maximum absolute atomic E-state index is 12.4. The van der Waals surface area contributed by atoms with Gasteiger partial charge in [0.05, 0.1) is 24.2 Å². The van der Waals surface area contributed by atoms with E-state index in [1.54, 1.807) is 26.8 Å². The molecule has 8 heteroatoms. The predicted molar refractivity (Wildman–Crippen MR) is 96.7 cm³/mol. The molecular formula is C20H28O8. The fourth-order valence-electron chi connectivity index (χ4n) is 4.41. The van der Waals surface area contributed by atoms with E-state index in [0.717, 1.165) is 0 Å². The lowest BCUT2D eigenvalue weighted by Crippen LogP contribution is -2.44. The van der Waals surface area contributed by atoms with Crippen LogP contribution in [-0.2, 0) is 23.8 Å². The summed E-state index contributed by atoms with van der Waals surface area (Å²) in [6.45, 7) is 8.33. The van der Waals surface area contributed by atoms with Crippen molar-refractivity contribution in [3.8, 4) is 0 Å². The van der Waals surface area contributed by atoms with E-state index in [4.69, 9.17) is 14.2 Å². The van der Waals surface area contributed by atoms with Gasteiger partial charge in [-0.05, 0) is 27.2 Å². The largest absolute Gasteiger partial charge is 0.458 e. The molecule has 3 fully saturated rings. The van der Waals surface area contributed by atoms with Gasteiger partial charge in [-0.1, -0.05) is 12.7 Å². The van der Waals surface area contributed by atoms with E-state index < -0.39 is 60.1 Å². The minimum atomic E-state index is -1.78. The molecular weight excluding hydrogens is 368 g/mol. The van der Waals surface area contributed by atoms with Crippen molar-refractivity contribution in [2.75, 3.05) is 6.61 Å². The van der Waals surface area contributed by atoms with Crippen molar-refractivity contribution < 1.29 is 39.1 Å². The lowest BCUT2D eigenvalue weighted by atomic mass is 9.77. The molecule has 0 amide bonds. The number of ether oxygens (including phenoxy) is 3. The van der Waals surface area contributed by atoms with Gasteiger partial charge >= 0.3 is 11.9 Å². The van der Waals surface area contributed by atoms with Crippen molar-refractivity contribution in [2.24, 2.45) is 11.8 Å². The van der Waals surface area contributed by atoms with Crippen LogP contribution in [0, 0.1) is 11.8 Å². The standard InChI is InChI=1S/C20H28O8/c1-5-10(2)17(23)27-14-7-19(4)15(22)8-20(25,28-19)12(9-21)6-13-16(14)11(3)18(24)26-13/h5,12-16,21-22,25H,3,6-9H2,1-2,4H3. The summed E-state index contributed by atoms with van der Waals surface area (Å²) in [7, 11) is 0. The Kier molecular flexibility index (Phi) is 5.44. The Morgan fingerprint density at radius 3 is 2.71 bits per heavy atom. The normalized spacial score (nSPS) is 43.6. The second kappa shape index (κ2) is 7.26. The van der Waals surface area contributed by atoms with Gasteiger partial charge in [-0.25, -0.2) is 9.59 Å². The molecule has 8 nitrogen and oxygen atoms in total. The van der Waals surface area contributed by atoms with Crippen LogP contribution in [0.25, 0.3) is 0 Å². The summed E-state index contributed by atoms with van der Waals surface area (Å²) < 4.78 is 17.0. The van der Waals surface area contributed by atoms with Crippen LogP contribution in [-0.4, -0.2) is 63.6 Å². The molecule has 2 bridgehead atoms. The number of fused-ring (bicyclic) bond motifs is 3. The van der Waals surface area contributed by atoms with Crippen LogP contribution in [0.4, 0.5) is 0 Å². The lowest BCUT2D eigenvalue weighted by molar-refractivity contribution is -0.260. The Bertz CT molecular complexity index is 715. The summed E-state index contributed by atoms with van der Waals surface area (Å²) in [6, 6.07) is 0. The second-order valence-electron chi connectivity index (χ2n) is 8.21. The molecule has 0 aliphatic carbocycles. The topological polar surface area (TPSA) is 123 Å². The number of aliphatic hydroxyl groups is 3. The molecule has 28 heavy (non-hydrogen) atoms. The van der Waals surface area contributed by atoms with Crippen LogP contribution >= 0.6 is 0 Å². The smallest absolute Gasteiger partial charge is 0.334 e. The molecule has 0 aromatic rings. The molecule has 3 rings (SSSR count). The van der Waals surface area contributed by atoms with Crippen molar-refractivity contribution >= 4 is 11.9 Å². The number of esters is 2. The second-order valence-corrected chi connectivity index (χ2v) is 8.21. The maximum Gasteiger partial charge on any atom is 0.334 e. The van der Waals surface area contributed by atoms with Gasteiger partial charge in [0.2, 0.25) is 0 Å². The maximum atomic E-state index is 12.4. The number of rotatable bonds is 3. The molecule has 156 valence electrons. The first kappa shape index (κ1) is 21.0. The van der Waals surface area contributed by atoms with Crippen molar-refractivity contribution in [3.05, 3.63) is 23.8 Å². The molecule has 7 unspecified atom stereocenters. The van der Waals surface area contributed by atoms with Gasteiger partial charge in [0.15, 0.2) is 5.79 Å². The molecule has 3 aliphatic heterocycles. The van der Waals surface area contributed by atoms with Gasteiger partial charge in [0, 0.05) is 29.9 Å². The van der Waals surface area contributed by atoms with E-state index in [1.807, 2.05) is 0 Å². The van der Waals surface area contributed by atoms with Crippen LogP contribution in [0.5, 0.6) is 0 Å². The van der Waals surface area contributed by atoms with Crippen molar-refractivity contribution in [2.45, 2.75) is 69.7 Å². The first-order valence-electron chi connectivity index (χ1n) is 9.49. The van der Waals surface area contributed by atoms with Gasteiger partial charge in [0.1, 0.15) is 12.2 Å². The summed E-state index contributed by atoms with van der Waals surface area (Å²) in [5.41, 5.74) is -0.673. The molecule has 0 spiro atoms. The zero-order chi connectivity index (χ0) is 20.9. The highest BCUT2D eigenvalue weighted by Gasteiger charge is 2.61. The van der Waals surface area contributed by atoms with E-state index in [1.165, 1.54) is 0 Å². The molecule has 0 saturated carbocycles. The number of hydrogen-bond acceptors (Lipinski definition) is 8. The third-order valence-electron chi connectivity index (χ3n) is 6.32. The van der Waals surface area contributed by atoms with Crippen molar-refractivity contribution in [1.82, 2.24) is 0 Å². The highest BCUT2D eigenvalue weighted by Crippen LogP contribution is 2.49. The molecule has 0 radical (unpaired) electrons. The predicted octanol–water partition coefficient (Wildman–Crippen LogP) is 0.593.